The maximum atomic E-state index is 11.2. The Morgan fingerprint density at radius 2 is 2.06 bits per heavy atom. The number of hydrogen-bond donors (Lipinski definition) is 1. The minimum absolute atomic E-state index is 0.187. The lowest BCUT2D eigenvalue weighted by Gasteiger charge is -1.97. The Labute approximate surface area is 97.2 Å². The Kier molecular flexibility index (Phi) is 2.92. The Balaban J connectivity index is 2.31. The van der Waals surface area contributed by atoms with Crippen LogP contribution in [0.1, 0.15) is 10.6 Å². The number of carbonyl (C=O) groups excluding carboxylic acids is 1. The van der Waals surface area contributed by atoms with Gasteiger partial charge in [0.05, 0.1) is 19.0 Å². The van der Waals surface area contributed by atoms with Gasteiger partial charge in [0.25, 0.3) is 0 Å². The third-order valence-electron chi connectivity index (χ3n) is 2.11. The molecule has 2 rings (SSSR count). The zero-order valence-electron chi connectivity index (χ0n) is 8.53. The first-order chi connectivity index (χ1) is 7.70. The van der Waals surface area contributed by atoms with Crippen molar-refractivity contribution in [2.45, 2.75) is 0 Å². The van der Waals surface area contributed by atoms with E-state index < -0.39 is 5.97 Å². The van der Waals surface area contributed by atoms with Crippen LogP contribution in [0.25, 0.3) is 11.3 Å². The van der Waals surface area contributed by atoms with Gasteiger partial charge in [-0.1, -0.05) is 23.7 Å². The summed E-state index contributed by atoms with van der Waals surface area (Å²) in [5, 5.41) is 0.663. The number of nitrogens with zero attached hydrogens (tertiary/aromatic N) is 1. The Morgan fingerprint density at radius 3 is 2.69 bits per heavy atom. The Bertz CT molecular complexity index is 505. The predicted molar refractivity (Wildman–Crippen MR) is 60.4 cm³/mol. The predicted octanol–water partition coefficient (Wildman–Crippen LogP) is 2.52. The first-order valence-electron chi connectivity index (χ1n) is 4.60. The van der Waals surface area contributed by atoms with Gasteiger partial charge in [-0.3, -0.25) is 0 Å². The van der Waals surface area contributed by atoms with Crippen LogP contribution in [0.15, 0.2) is 30.5 Å². The van der Waals surface area contributed by atoms with Crippen molar-refractivity contribution in [3.8, 4) is 11.3 Å². The summed E-state index contributed by atoms with van der Waals surface area (Å²) in [6, 6.07) is 7.24. The number of imidazole rings is 1. The number of aromatic nitrogens is 2. The Morgan fingerprint density at radius 1 is 1.38 bits per heavy atom. The molecule has 1 heterocycles. The summed E-state index contributed by atoms with van der Waals surface area (Å²) in [6.07, 6.45) is 1.58. The molecule has 0 saturated heterocycles. The third kappa shape index (κ3) is 2.06. The molecule has 0 unspecified atom stereocenters. The molecular formula is C11H9ClN2O2. The number of H-pyrrole nitrogens is 1. The number of halogens is 1. The summed E-state index contributed by atoms with van der Waals surface area (Å²) in [6.45, 7) is 0. The molecule has 0 fully saturated rings. The molecule has 82 valence electrons. The average Bonchev–Trinajstić information content (AvgIpc) is 2.78. The molecular weight excluding hydrogens is 228 g/mol. The van der Waals surface area contributed by atoms with E-state index in [1.807, 2.05) is 12.1 Å². The van der Waals surface area contributed by atoms with Gasteiger partial charge in [0.2, 0.25) is 5.82 Å². The molecule has 4 nitrogen and oxygen atoms in total. The molecule has 0 bridgehead atoms. The maximum absolute atomic E-state index is 11.2. The third-order valence-corrected chi connectivity index (χ3v) is 2.36. The molecule has 0 radical (unpaired) electrons. The van der Waals surface area contributed by atoms with Crippen LogP contribution in [-0.2, 0) is 4.74 Å². The molecule has 1 N–H and O–H groups in total. The molecule has 5 heteroatoms. The number of aromatic amines is 1. The lowest BCUT2D eigenvalue weighted by atomic mass is 10.2. The van der Waals surface area contributed by atoms with E-state index in [-0.39, 0.29) is 5.82 Å². The van der Waals surface area contributed by atoms with Gasteiger partial charge < -0.3 is 9.72 Å². The zero-order valence-corrected chi connectivity index (χ0v) is 9.28. The van der Waals surface area contributed by atoms with Gasteiger partial charge in [-0.05, 0) is 17.7 Å². The van der Waals surface area contributed by atoms with Gasteiger partial charge in [0.15, 0.2) is 0 Å². The molecule has 1 aromatic carbocycles. The van der Waals surface area contributed by atoms with Crippen molar-refractivity contribution in [1.29, 1.82) is 0 Å². The molecule has 0 aliphatic rings. The fourth-order valence-electron chi connectivity index (χ4n) is 1.30. The molecule has 0 spiro atoms. The van der Waals surface area contributed by atoms with E-state index in [0.29, 0.717) is 5.02 Å². The van der Waals surface area contributed by atoms with Crippen LogP contribution in [0.2, 0.25) is 5.02 Å². The van der Waals surface area contributed by atoms with Crippen molar-refractivity contribution < 1.29 is 9.53 Å². The Hall–Kier alpha value is -1.81. The molecule has 0 saturated carbocycles. The van der Waals surface area contributed by atoms with Crippen molar-refractivity contribution >= 4 is 17.6 Å². The van der Waals surface area contributed by atoms with Crippen LogP contribution in [0.4, 0.5) is 0 Å². The van der Waals surface area contributed by atoms with Gasteiger partial charge in [-0.15, -0.1) is 0 Å². The van der Waals surface area contributed by atoms with E-state index in [4.69, 9.17) is 11.6 Å². The quantitative estimate of drug-likeness (QED) is 0.816. The van der Waals surface area contributed by atoms with Gasteiger partial charge in [-0.2, -0.15) is 0 Å². The van der Waals surface area contributed by atoms with Gasteiger partial charge in [-0.25, -0.2) is 9.78 Å². The number of carbonyl (C=O) groups is 1. The first-order valence-corrected chi connectivity index (χ1v) is 4.98. The van der Waals surface area contributed by atoms with Gasteiger partial charge in [0, 0.05) is 5.02 Å². The zero-order chi connectivity index (χ0) is 11.5. The highest BCUT2D eigenvalue weighted by atomic mass is 35.5. The number of nitrogens with one attached hydrogen (secondary N) is 1. The highest BCUT2D eigenvalue weighted by Crippen LogP contribution is 2.19. The average molecular weight is 237 g/mol. The molecule has 0 aliphatic heterocycles. The first kappa shape index (κ1) is 10.7. The number of benzene rings is 1. The minimum atomic E-state index is -0.486. The summed E-state index contributed by atoms with van der Waals surface area (Å²) >= 11 is 5.78. The normalized spacial score (nSPS) is 10.1. The lowest BCUT2D eigenvalue weighted by molar-refractivity contribution is 0.0588. The fourth-order valence-corrected chi connectivity index (χ4v) is 1.42. The van der Waals surface area contributed by atoms with E-state index in [9.17, 15) is 4.79 Å². The summed E-state index contributed by atoms with van der Waals surface area (Å²) in [7, 11) is 1.31. The largest absolute Gasteiger partial charge is 0.463 e. The standard InChI is InChI=1S/C11H9ClN2O2/c1-16-11(15)10-13-6-9(14-10)7-2-4-8(12)5-3-7/h2-6H,1H3,(H,13,14). The number of hydrogen-bond acceptors (Lipinski definition) is 3. The topological polar surface area (TPSA) is 55.0 Å². The van der Waals surface area contributed by atoms with Crippen molar-refractivity contribution in [2.24, 2.45) is 0 Å². The van der Waals surface area contributed by atoms with E-state index in [2.05, 4.69) is 14.7 Å². The van der Waals surface area contributed by atoms with E-state index >= 15 is 0 Å². The van der Waals surface area contributed by atoms with Crippen molar-refractivity contribution in [1.82, 2.24) is 9.97 Å². The highest BCUT2D eigenvalue weighted by molar-refractivity contribution is 6.30. The maximum Gasteiger partial charge on any atom is 0.374 e. The fraction of sp³-hybridized carbons (Fsp3) is 0.0909. The van der Waals surface area contributed by atoms with E-state index in [1.54, 1.807) is 18.3 Å². The number of rotatable bonds is 2. The molecule has 0 aliphatic carbocycles. The molecule has 2 aromatic rings. The number of esters is 1. The van der Waals surface area contributed by atoms with E-state index in [0.717, 1.165) is 11.3 Å². The summed E-state index contributed by atoms with van der Waals surface area (Å²) in [5.74, 6) is -0.298. The van der Waals surface area contributed by atoms with Crippen LogP contribution in [0, 0.1) is 0 Å². The molecule has 1 aromatic heterocycles. The second-order valence-corrected chi connectivity index (χ2v) is 3.58. The van der Waals surface area contributed by atoms with Crippen LogP contribution in [0.3, 0.4) is 0 Å². The van der Waals surface area contributed by atoms with Crippen LogP contribution < -0.4 is 0 Å². The second kappa shape index (κ2) is 4.37. The van der Waals surface area contributed by atoms with Crippen LogP contribution in [-0.4, -0.2) is 23.0 Å². The van der Waals surface area contributed by atoms with Crippen LogP contribution >= 0.6 is 11.6 Å². The van der Waals surface area contributed by atoms with Crippen molar-refractivity contribution in [3.63, 3.8) is 0 Å². The molecule has 0 atom stereocenters. The number of methoxy groups -OCH3 is 1. The van der Waals surface area contributed by atoms with E-state index in [1.165, 1.54) is 7.11 Å². The van der Waals surface area contributed by atoms with Gasteiger partial charge >= 0.3 is 5.97 Å². The second-order valence-electron chi connectivity index (χ2n) is 3.14. The smallest absolute Gasteiger partial charge is 0.374 e. The van der Waals surface area contributed by atoms with Crippen LogP contribution in [0.5, 0.6) is 0 Å². The van der Waals surface area contributed by atoms with Gasteiger partial charge in [0.1, 0.15) is 0 Å². The van der Waals surface area contributed by atoms with Crippen molar-refractivity contribution in [2.75, 3.05) is 7.11 Å². The SMILES string of the molecule is COC(=O)c1ncc(-c2ccc(Cl)cc2)[nH]1. The summed E-state index contributed by atoms with van der Waals surface area (Å²) < 4.78 is 4.55. The summed E-state index contributed by atoms with van der Waals surface area (Å²) in [5.41, 5.74) is 1.66. The van der Waals surface area contributed by atoms with Crippen molar-refractivity contribution in [3.05, 3.63) is 41.3 Å². The lowest BCUT2D eigenvalue weighted by Crippen LogP contribution is -2.03. The molecule has 0 amide bonds. The summed E-state index contributed by atoms with van der Waals surface area (Å²) in [4.78, 5) is 18.0. The molecule has 16 heavy (non-hydrogen) atoms. The highest BCUT2D eigenvalue weighted by Gasteiger charge is 2.10. The number of ether oxygens (including phenoxy) is 1. The minimum Gasteiger partial charge on any atom is -0.463 e. The monoisotopic (exact) mass is 236 g/mol.